The van der Waals surface area contributed by atoms with Gasteiger partial charge in [-0.25, -0.2) is 0 Å². The minimum Gasteiger partial charge on any atom is -0.493 e. The molecule has 0 aliphatic carbocycles. The van der Waals surface area contributed by atoms with E-state index >= 15 is 0 Å². The molecule has 18 heavy (non-hydrogen) atoms. The molecule has 1 aromatic rings. The number of hydrogen-bond donors (Lipinski definition) is 0. The molecule has 100 valence electrons. The fourth-order valence-corrected chi connectivity index (χ4v) is 2.49. The molecule has 0 spiro atoms. The van der Waals surface area contributed by atoms with Gasteiger partial charge < -0.3 is 4.74 Å². The fourth-order valence-electron chi connectivity index (χ4n) is 2.29. The first-order chi connectivity index (χ1) is 8.54. The van der Waals surface area contributed by atoms with E-state index in [1.807, 2.05) is 6.07 Å². The highest BCUT2D eigenvalue weighted by molar-refractivity contribution is 6.18. The van der Waals surface area contributed by atoms with Gasteiger partial charge in [0.15, 0.2) is 0 Å². The summed E-state index contributed by atoms with van der Waals surface area (Å²) in [4.78, 5) is 2.35. The van der Waals surface area contributed by atoms with E-state index in [1.165, 1.54) is 5.56 Å². The van der Waals surface area contributed by atoms with Crippen molar-refractivity contribution in [3.8, 4) is 5.75 Å². The van der Waals surface area contributed by atoms with Crippen LogP contribution in [0.2, 0.25) is 0 Å². The zero-order valence-corrected chi connectivity index (χ0v) is 12.2. The van der Waals surface area contributed by atoms with Gasteiger partial charge in [-0.2, -0.15) is 0 Å². The number of alkyl halides is 1. The molecule has 0 fully saturated rings. The fraction of sp³-hybridized carbons (Fsp3) is 0.600. The molecule has 0 saturated carbocycles. The van der Waals surface area contributed by atoms with E-state index in [1.54, 1.807) is 0 Å². The number of fused-ring (bicyclic) bond motifs is 1. The van der Waals surface area contributed by atoms with Crippen molar-refractivity contribution in [2.45, 2.75) is 31.7 Å². The Balaban J connectivity index is 2.12. The van der Waals surface area contributed by atoms with Crippen molar-refractivity contribution < 1.29 is 4.74 Å². The van der Waals surface area contributed by atoms with E-state index in [0.717, 1.165) is 25.3 Å². The molecule has 0 bridgehead atoms. The average molecular weight is 268 g/mol. The first kappa shape index (κ1) is 13.7. The molecule has 1 atom stereocenters. The van der Waals surface area contributed by atoms with Crippen LogP contribution in [0.3, 0.4) is 0 Å². The third kappa shape index (κ3) is 2.81. The second-order valence-corrected chi connectivity index (χ2v) is 5.97. The average Bonchev–Trinajstić information content (AvgIpc) is 2.39. The van der Waals surface area contributed by atoms with E-state index in [0.29, 0.717) is 11.8 Å². The molecule has 1 aliphatic heterocycles. The van der Waals surface area contributed by atoms with Gasteiger partial charge in [-0.05, 0) is 38.9 Å². The number of halogens is 1. The molecule has 1 heterocycles. The Labute approximate surface area is 115 Å². The van der Waals surface area contributed by atoms with Gasteiger partial charge in [-0.15, -0.1) is 11.6 Å². The molecule has 3 heteroatoms. The second-order valence-electron chi connectivity index (χ2n) is 5.70. The smallest absolute Gasteiger partial charge is 0.122 e. The highest BCUT2D eigenvalue weighted by Gasteiger charge is 2.28. The minimum atomic E-state index is 0.0365. The van der Waals surface area contributed by atoms with Crippen LogP contribution in [0.4, 0.5) is 0 Å². The van der Waals surface area contributed by atoms with Crippen LogP contribution in [0.5, 0.6) is 5.75 Å². The molecule has 0 amide bonds. The Morgan fingerprint density at radius 1 is 1.39 bits per heavy atom. The van der Waals surface area contributed by atoms with Gasteiger partial charge in [-0.1, -0.05) is 18.2 Å². The molecule has 0 N–H and O–H groups in total. The van der Waals surface area contributed by atoms with Gasteiger partial charge in [0, 0.05) is 23.9 Å². The lowest BCUT2D eigenvalue weighted by molar-refractivity contribution is 0.152. The maximum absolute atomic E-state index is 6.04. The molecule has 2 rings (SSSR count). The van der Waals surface area contributed by atoms with Crippen molar-refractivity contribution in [1.82, 2.24) is 4.90 Å². The number of para-hydroxylation sites is 1. The molecule has 0 saturated heterocycles. The Morgan fingerprint density at radius 2 is 2.11 bits per heavy atom. The van der Waals surface area contributed by atoms with Crippen molar-refractivity contribution in [1.29, 1.82) is 0 Å². The second kappa shape index (κ2) is 5.50. The van der Waals surface area contributed by atoms with E-state index < -0.39 is 0 Å². The van der Waals surface area contributed by atoms with E-state index in [9.17, 15) is 0 Å². The third-order valence-corrected chi connectivity index (χ3v) is 4.59. The van der Waals surface area contributed by atoms with Crippen LogP contribution in [-0.4, -0.2) is 36.5 Å². The number of rotatable bonds is 4. The Bertz CT molecular complexity index is 405. The summed E-state index contributed by atoms with van der Waals surface area (Å²) in [6.45, 7) is 6.22. The minimum absolute atomic E-state index is 0.0365. The van der Waals surface area contributed by atoms with Crippen molar-refractivity contribution >= 4 is 11.6 Å². The first-order valence-electron chi connectivity index (χ1n) is 6.53. The summed E-state index contributed by atoms with van der Waals surface area (Å²) in [6, 6.07) is 8.37. The molecule has 1 unspecified atom stereocenters. The number of ether oxygens (including phenoxy) is 1. The molecule has 0 radical (unpaired) electrons. The summed E-state index contributed by atoms with van der Waals surface area (Å²) in [7, 11) is 2.15. The molecule has 1 aliphatic rings. The van der Waals surface area contributed by atoms with E-state index in [-0.39, 0.29) is 5.54 Å². The molecule has 1 aromatic carbocycles. The summed E-state index contributed by atoms with van der Waals surface area (Å²) < 4.78 is 5.70. The van der Waals surface area contributed by atoms with Crippen LogP contribution >= 0.6 is 11.6 Å². The van der Waals surface area contributed by atoms with Crippen LogP contribution in [-0.2, 0) is 0 Å². The lowest BCUT2D eigenvalue weighted by Crippen LogP contribution is -2.45. The van der Waals surface area contributed by atoms with Crippen molar-refractivity contribution in [3.05, 3.63) is 29.8 Å². The predicted molar refractivity (Wildman–Crippen MR) is 76.7 cm³/mol. The summed E-state index contributed by atoms with van der Waals surface area (Å²) in [5.74, 6) is 2.24. The van der Waals surface area contributed by atoms with Gasteiger partial charge >= 0.3 is 0 Å². The van der Waals surface area contributed by atoms with E-state index in [4.69, 9.17) is 16.3 Å². The zero-order chi connectivity index (χ0) is 13.2. The maximum Gasteiger partial charge on any atom is 0.122 e. The summed E-state index contributed by atoms with van der Waals surface area (Å²) >= 11 is 6.04. The Hall–Kier alpha value is -0.730. The standard InChI is InChI=1S/C15H22ClNO/c1-15(2,11-16)17(3)10-12-8-9-18-14-7-5-4-6-13(12)14/h4-7,12H,8-11H2,1-3H3. The zero-order valence-electron chi connectivity index (χ0n) is 11.4. The Morgan fingerprint density at radius 3 is 2.83 bits per heavy atom. The quantitative estimate of drug-likeness (QED) is 0.774. The van der Waals surface area contributed by atoms with Gasteiger partial charge in [0.2, 0.25) is 0 Å². The number of benzene rings is 1. The monoisotopic (exact) mass is 267 g/mol. The lowest BCUT2D eigenvalue weighted by Gasteiger charge is -2.38. The van der Waals surface area contributed by atoms with Crippen LogP contribution in [0.1, 0.15) is 31.7 Å². The first-order valence-corrected chi connectivity index (χ1v) is 7.07. The lowest BCUT2D eigenvalue weighted by atomic mass is 9.91. The van der Waals surface area contributed by atoms with E-state index in [2.05, 4.69) is 44.0 Å². The topological polar surface area (TPSA) is 12.5 Å². The highest BCUT2D eigenvalue weighted by Crippen LogP contribution is 2.34. The molecule has 0 aromatic heterocycles. The van der Waals surface area contributed by atoms with Crippen molar-refractivity contribution in [2.24, 2.45) is 0 Å². The summed E-state index contributed by atoms with van der Waals surface area (Å²) in [5.41, 5.74) is 1.37. The van der Waals surface area contributed by atoms with Crippen LogP contribution in [0.25, 0.3) is 0 Å². The van der Waals surface area contributed by atoms with Crippen LogP contribution in [0.15, 0.2) is 24.3 Å². The van der Waals surface area contributed by atoms with Crippen LogP contribution < -0.4 is 4.74 Å². The predicted octanol–water partition coefficient (Wildman–Crippen LogP) is 3.50. The van der Waals surface area contributed by atoms with Gasteiger partial charge in [0.05, 0.1) is 6.61 Å². The highest BCUT2D eigenvalue weighted by atomic mass is 35.5. The molecular formula is C15H22ClNO. The SMILES string of the molecule is CN(CC1CCOc2ccccc21)C(C)(C)CCl. The van der Waals surface area contributed by atoms with Gasteiger partial charge in [0.1, 0.15) is 5.75 Å². The largest absolute Gasteiger partial charge is 0.493 e. The summed E-state index contributed by atoms with van der Waals surface area (Å²) in [5, 5.41) is 0. The summed E-state index contributed by atoms with van der Waals surface area (Å²) in [6.07, 6.45) is 1.08. The van der Waals surface area contributed by atoms with Crippen molar-refractivity contribution in [2.75, 3.05) is 26.1 Å². The maximum atomic E-state index is 6.04. The van der Waals surface area contributed by atoms with Gasteiger partial charge in [-0.3, -0.25) is 4.90 Å². The van der Waals surface area contributed by atoms with Gasteiger partial charge in [0.25, 0.3) is 0 Å². The normalized spacial score (nSPS) is 19.5. The number of likely N-dealkylation sites (N-methyl/N-ethyl adjacent to an activating group) is 1. The number of hydrogen-bond acceptors (Lipinski definition) is 2. The third-order valence-electron chi connectivity index (χ3n) is 3.94. The molecular weight excluding hydrogens is 246 g/mol. The molecule has 2 nitrogen and oxygen atoms in total. The number of nitrogens with zero attached hydrogens (tertiary/aromatic N) is 1. The van der Waals surface area contributed by atoms with Crippen molar-refractivity contribution in [3.63, 3.8) is 0 Å². The Kier molecular flexibility index (Phi) is 4.18. The van der Waals surface area contributed by atoms with Crippen LogP contribution in [0, 0.1) is 0 Å².